The molecule has 4 heteroatoms. The fourth-order valence-electron chi connectivity index (χ4n) is 6.95. The first-order chi connectivity index (χ1) is 12.7. The standard InChI is InChI=1S/C22H42N4/c1-2-4-8-24-14-20-26(21-15-24,22-16-24)10-6-5-9-25-17-11-23(7-3-1,12-18-25)13-19-25/h5-6H,1-4,7-22H2/q+4. The summed E-state index contributed by atoms with van der Waals surface area (Å²) in [6.45, 7) is 23.1. The Hall–Kier alpha value is -0.420. The highest BCUT2D eigenvalue weighted by Gasteiger charge is 2.49. The van der Waals surface area contributed by atoms with Crippen molar-refractivity contribution in [3.63, 3.8) is 0 Å². The molecule has 4 bridgehead atoms. The predicted molar refractivity (Wildman–Crippen MR) is 107 cm³/mol. The maximum atomic E-state index is 2.59. The summed E-state index contributed by atoms with van der Waals surface area (Å²) in [5.41, 5.74) is 0. The van der Waals surface area contributed by atoms with Crippen LogP contribution >= 0.6 is 0 Å². The first-order valence-electron chi connectivity index (χ1n) is 11.7. The lowest BCUT2D eigenvalue weighted by Gasteiger charge is -2.56. The Kier molecular flexibility index (Phi) is 4.47. The Morgan fingerprint density at radius 3 is 0.962 bits per heavy atom. The van der Waals surface area contributed by atoms with Gasteiger partial charge in [0, 0.05) is 0 Å². The van der Waals surface area contributed by atoms with Gasteiger partial charge in [-0.2, -0.15) is 0 Å². The number of quaternary nitrogens is 4. The van der Waals surface area contributed by atoms with Crippen LogP contribution in [0, 0.1) is 0 Å². The predicted octanol–water partition coefficient (Wildman–Crippen LogP) is 1.44. The van der Waals surface area contributed by atoms with Crippen LogP contribution < -0.4 is 0 Å². The van der Waals surface area contributed by atoms with Gasteiger partial charge in [-0.15, -0.1) is 0 Å². The number of hydrogen-bond acceptors (Lipinski definition) is 0. The molecule has 15 aliphatic heterocycles. The number of piperazine rings is 6. The third-order valence-corrected chi connectivity index (χ3v) is 9.46. The van der Waals surface area contributed by atoms with E-state index in [1.165, 1.54) is 148 Å². The second kappa shape index (κ2) is 6.58. The molecule has 0 aromatic heterocycles. The van der Waals surface area contributed by atoms with Crippen LogP contribution in [-0.2, 0) is 0 Å². The van der Waals surface area contributed by atoms with E-state index in [4.69, 9.17) is 0 Å². The van der Waals surface area contributed by atoms with Gasteiger partial charge in [0.15, 0.2) is 0 Å². The first kappa shape index (κ1) is 17.7. The highest BCUT2D eigenvalue weighted by atomic mass is 15.5. The molecule has 0 N–H and O–H groups in total. The van der Waals surface area contributed by atoms with Crippen LogP contribution in [0.3, 0.4) is 0 Å². The summed E-state index contributed by atoms with van der Waals surface area (Å²) in [5, 5.41) is 0. The molecule has 0 unspecified atom stereocenters. The van der Waals surface area contributed by atoms with Gasteiger partial charge in [0.25, 0.3) is 0 Å². The molecule has 15 rings (SSSR count). The fraction of sp³-hybridized carbons (Fsp3) is 0.909. The van der Waals surface area contributed by atoms with E-state index in [1.54, 1.807) is 0 Å². The average Bonchev–Trinajstić information content (AvgIpc) is 2.71. The van der Waals surface area contributed by atoms with Gasteiger partial charge in [0.05, 0.1) is 26.2 Å². The van der Waals surface area contributed by atoms with Gasteiger partial charge in [-0.25, -0.2) is 0 Å². The van der Waals surface area contributed by atoms with Gasteiger partial charge in [0.2, 0.25) is 0 Å². The Morgan fingerprint density at radius 2 is 0.615 bits per heavy atom. The molecule has 15 heterocycles. The van der Waals surface area contributed by atoms with E-state index in [1.807, 2.05) is 0 Å². The quantitative estimate of drug-likeness (QED) is 0.452. The molecular formula is C22H42N4+4. The van der Waals surface area contributed by atoms with E-state index in [-0.39, 0.29) is 0 Å². The number of hydrogen-bond donors (Lipinski definition) is 0. The average molecular weight is 363 g/mol. The highest BCUT2D eigenvalue weighted by Crippen LogP contribution is 2.29. The van der Waals surface area contributed by atoms with E-state index in [2.05, 4.69) is 12.2 Å². The summed E-state index contributed by atoms with van der Waals surface area (Å²) in [6, 6.07) is 0. The molecule has 6 fully saturated rings. The lowest BCUT2D eigenvalue weighted by molar-refractivity contribution is -1.08. The van der Waals surface area contributed by atoms with Crippen LogP contribution in [0.15, 0.2) is 12.2 Å². The van der Waals surface area contributed by atoms with E-state index in [9.17, 15) is 0 Å². The zero-order valence-electron chi connectivity index (χ0n) is 17.1. The van der Waals surface area contributed by atoms with Crippen molar-refractivity contribution >= 4 is 0 Å². The molecule has 0 amide bonds. The zero-order valence-corrected chi connectivity index (χ0v) is 17.1. The molecule has 0 spiro atoms. The van der Waals surface area contributed by atoms with Crippen LogP contribution in [-0.4, -0.2) is 123 Å². The fourth-order valence-corrected chi connectivity index (χ4v) is 6.95. The van der Waals surface area contributed by atoms with Crippen LogP contribution in [0.1, 0.15) is 25.7 Å². The number of nitrogens with zero attached hydrogens (tertiary/aromatic N) is 4. The van der Waals surface area contributed by atoms with Gasteiger partial charge in [-0.05, 0) is 37.8 Å². The summed E-state index contributed by atoms with van der Waals surface area (Å²) in [6.07, 6.45) is 11.1. The summed E-state index contributed by atoms with van der Waals surface area (Å²) < 4.78 is 5.78. The van der Waals surface area contributed by atoms with Gasteiger partial charge in [-0.3, -0.25) is 0 Å². The molecule has 0 aromatic rings. The topological polar surface area (TPSA) is 0 Å². The second-order valence-corrected chi connectivity index (χ2v) is 10.7. The highest BCUT2D eigenvalue weighted by molar-refractivity contribution is 4.84. The van der Waals surface area contributed by atoms with E-state index < -0.39 is 0 Å². The third kappa shape index (κ3) is 3.17. The molecule has 4 nitrogen and oxygen atoms in total. The minimum absolute atomic E-state index is 1.32. The van der Waals surface area contributed by atoms with E-state index >= 15 is 0 Å². The smallest absolute Gasteiger partial charge is 0.129 e. The molecular weight excluding hydrogens is 320 g/mol. The number of rotatable bonds is 0. The molecule has 15 aliphatic rings. The lowest BCUT2D eigenvalue weighted by Crippen LogP contribution is -2.75. The summed E-state index contributed by atoms with van der Waals surface area (Å²) in [5.74, 6) is 0. The van der Waals surface area contributed by atoms with Crippen molar-refractivity contribution in [3.8, 4) is 0 Å². The Morgan fingerprint density at radius 1 is 0.308 bits per heavy atom. The van der Waals surface area contributed by atoms with Crippen molar-refractivity contribution in [3.05, 3.63) is 12.2 Å². The molecule has 0 aromatic carbocycles. The summed E-state index contributed by atoms with van der Waals surface area (Å²) >= 11 is 0. The van der Waals surface area contributed by atoms with Gasteiger partial charge >= 0.3 is 0 Å². The maximum Gasteiger partial charge on any atom is 0.129 e. The summed E-state index contributed by atoms with van der Waals surface area (Å²) in [4.78, 5) is 0. The molecule has 0 aliphatic carbocycles. The zero-order chi connectivity index (χ0) is 17.6. The van der Waals surface area contributed by atoms with Crippen molar-refractivity contribution in [1.82, 2.24) is 0 Å². The van der Waals surface area contributed by atoms with Crippen molar-refractivity contribution in [2.75, 3.05) is 105 Å². The normalized spacial score (nSPS) is 49.2. The monoisotopic (exact) mass is 362 g/mol. The molecule has 0 saturated carbocycles. The molecule has 6 saturated heterocycles. The Labute approximate surface area is 161 Å². The van der Waals surface area contributed by atoms with Crippen LogP contribution in [0.2, 0.25) is 0 Å². The first-order valence-corrected chi connectivity index (χ1v) is 11.7. The summed E-state index contributed by atoms with van der Waals surface area (Å²) in [7, 11) is 0. The van der Waals surface area contributed by atoms with Crippen LogP contribution in [0.25, 0.3) is 0 Å². The Bertz CT molecular complexity index is 457. The van der Waals surface area contributed by atoms with Gasteiger partial charge in [0.1, 0.15) is 78.5 Å². The molecule has 146 valence electrons. The van der Waals surface area contributed by atoms with Crippen LogP contribution in [0.5, 0.6) is 0 Å². The van der Waals surface area contributed by atoms with Crippen molar-refractivity contribution in [2.45, 2.75) is 25.7 Å². The van der Waals surface area contributed by atoms with E-state index in [0.717, 1.165) is 0 Å². The van der Waals surface area contributed by atoms with Crippen molar-refractivity contribution in [1.29, 1.82) is 0 Å². The van der Waals surface area contributed by atoms with Crippen molar-refractivity contribution < 1.29 is 17.9 Å². The van der Waals surface area contributed by atoms with Gasteiger partial charge < -0.3 is 17.9 Å². The minimum Gasteiger partial charge on any atom is -0.310 e. The Balaban J connectivity index is 1.30. The second-order valence-electron chi connectivity index (χ2n) is 10.7. The maximum absolute atomic E-state index is 2.59. The van der Waals surface area contributed by atoms with Crippen molar-refractivity contribution in [2.24, 2.45) is 0 Å². The lowest BCUT2D eigenvalue weighted by atomic mass is 10.0. The molecule has 26 heavy (non-hydrogen) atoms. The van der Waals surface area contributed by atoms with Gasteiger partial charge in [-0.1, -0.05) is 0 Å². The molecule has 0 radical (unpaired) electrons. The SMILES string of the molecule is C1=CC[N+]23CC[N+](CCCCCC[N+]45CC[N+](C1)(CC4)CC5)(CC2)CC3. The molecule has 0 atom stereocenters. The third-order valence-electron chi connectivity index (χ3n) is 9.46. The van der Waals surface area contributed by atoms with Crippen LogP contribution in [0.4, 0.5) is 0 Å². The largest absolute Gasteiger partial charge is 0.310 e. The minimum atomic E-state index is 1.32. The van der Waals surface area contributed by atoms with E-state index in [0.29, 0.717) is 0 Å².